The summed E-state index contributed by atoms with van der Waals surface area (Å²) in [6, 6.07) is 12.2. The fourth-order valence-electron chi connectivity index (χ4n) is 3.00. The second-order valence-corrected chi connectivity index (χ2v) is 11.1. The first-order chi connectivity index (χ1) is 14.7. The van der Waals surface area contributed by atoms with Crippen molar-refractivity contribution in [2.75, 3.05) is 49.2 Å². The van der Waals surface area contributed by atoms with Crippen LogP contribution in [0.4, 0.5) is 11.4 Å². The Morgan fingerprint density at radius 1 is 0.968 bits per heavy atom. The van der Waals surface area contributed by atoms with Gasteiger partial charge < -0.3 is 15.4 Å². The summed E-state index contributed by atoms with van der Waals surface area (Å²) in [7, 11) is -6.93. The lowest BCUT2D eigenvalue weighted by Crippen LogP contribution is -2.40. The van der Waals surface area contributed by atoms with E-state index < -0.39 is 19.9 Å². The molecule has 1 aliphatic rings. The third kappa shape index (κ3) is 5.82. The number of sulfonamides is 1. The molecule has 11 heteroatoms. The second-order valence-electron chi connectivity index (χ2n) is 6.87. The number of sulfone groups is 1. The van der Waals surface area contributed by atoms with Gasteiger partial charge in [0.05, 0.1) is 35.3 Å². The lowest BCUT2D eigenvalue weighted by molar-refractivity contribution is -0.114. The van der Waals surface area contributed by atoms with Gasteiger partial charge in [0.2, 0.25) is 15.9 Å². The number of amides is 1. The van der Waals surface area contributed by atoms with Crippen LogP contribution in [-0.2, 0) is 29.4 Å². The van der Waals surface area contributed by atoms with Crippen molar-refractivity contribution in [1.82, 2.24) is 4.31 Å². The van der Waals surface area contributed by atoms with Gasteiger partial charge in [-0.2, -0.15) is 4.31 Å². The van der Waals surface area contributed by atoms with E-state index in [2.05, 4.69) is 10.6 Å². The molecule has 0 bridgehead atoms. The van der Waals surface area contributed by atoms with Crippen LogP contribution >= 0.6 is 0 Å². The Bertz CT molecular complexity index is 1130. The number of morpholine rings is 1. The number of benzene rings is 2. The van der Waals surface area contributed by atoms with Crippen molar-refractivity contribution in [3.63, 3.8) is 0 Å². The van der Waals surface area contributed by atoms with E-state index in [1.165, 1.54) is 28.6 Å². The monoisotopic (exact) mass is 467 g/mol. The maximum Gasteiger partial charge on any atom is 0.243 e. The molecule has 1 amide bonds. The van der Waals surface area contributed by atoms with Crippen LogP contribution in [0.5, 0.6) is 0 Å². The summed E-state index contributed by atoms with van der Waals surface area (Å²) in [5.41, 5.74) is 0.958. The molecule has 0 unspecified atom stereocenters. The minimum absolute atomic E-state index is 0.0164. The molecule has 0 spiro atoms. The van der Waals surface area contributed by atoms with Crippen LogP contribution in [0.3, 0.4) is 0 Å². The predicted molar refractivity (Wildman–Crippen MR) is 117 cm³/mol. The zero-order chi connectivity index (χ0) is 22.5. The molecule has 1 saturated heterocycles. The molecule has 0 radical (unpaired) electrons. The minimum Gasteiger partial charge on any atom is -0.379 e. The van der Waals surface area contributed by atoms with Crippen molar-refractivity contribution >= 4 is 37.1 Å². The number of nitrogens with zero attached hydrogens (tertiary/aromatic N) is 1. The molecule has 0 atom stereocenters. The van der Waals surface area contributed by atoms with Gasteiger partial charge in [0, 0.05) is 24.5 Å². The van der Waals surface area contributed by atoms with E-state index in [0.717, 1.165) is 0 Å². The summed E-state index contributed by atoms with van der Waals surface area (Å²) >= 11 is 0. The van der Waals surface area contributed by atoms with Crippen molar-refractivity contribution in [2.24, 2.45) is 0 Å². The van der Waals surface area contributed by atoms with Crippen LogP contribution in [0.2, 0.25) is 0 Å². The standard InChI is InChI=1S/C20H25N3O6S2/c1-2-30(25,26)18-8-6-16(7-9-18)21-15-20(24)22-17-4-3-5-19(14-17)31(27,28)23-10-12-29-13-11-23/h3-9,14,21H,2,10-13,15H2,1H3,(H,22,24). The van der Waals surface area contributed by atoms with E-state index >= 15 is 0 Å². The average Bonchev–Trinajstić information content (AvgIpc) is 2.79. The third-order valence-electron chi connectivity index (χ3n) is 4.77. The third-order valence-corrected chi connectivity index (χ3v) is 8.42. The fourth-order valence-corrected chi connectivity index (χ4v) is 5.34. The van der Waals surface area contributed by atoms with Crippen LogP contribution < -0.4 is 10.6 Å². The molecule has 0 aromatic heterocycles. The molecule has 2 aromatic rings. The van der Waals surface area contributed by atoms with Gasteiger partial charge in [0.1, 0.15) is 0 Å². The van der Waals surface area contributed by atoms with Crippen molar-refractivity contribution in [3.05, 3.63) is 48.5 Å². The zero-order valence-electron chi connectivity index (χ0n) is 17.1. The van der Waals surface area contributed by atoms with E-state index in [0.29, 0.717) is 37.7 Å². The maximum atomic E-state index is 12.8. The topological polar surface area (TPSA) is 122 Å². The number of ether oxygens (including phenoxy) is 1. The normalized spacial score (nSPS) is 15.4. The first-order valence-electron chi connectivity index (χ1n) is 9.77. The van der Waals surface area contributed by atoms with Gasteiger partial charge in [0.15, 0.2) is 9.84 Å². The Hall–Kier alpha value is -2.47. The van der Waals surface area contributed by atoms with E-state index in [4.69, 9.17) is 4.74 Å². The summed E-state index contributed by atoms with van der Waals surface area (Å²) < 4.78 is 55.8. The molecule has 1 aliphatic heterocycles. The summed E-state index contributed by atoms with van der Waals surface area (Å²) in [6.45, 7) is 2.80. The molecule has 31 heavy (non-hydrogen) atoms. The van der Waals surface area contributed by atoms with Crippen LogP contribution in [0.25, 0.3) is 0 Å². The lowest BCUT2D eigenvalue weighted by atomic mass is 10.3. The maximum absolute atomic E-state index is 12.8. The summed E-state index contributed by atoms with van der Waals surface area (Å²) in [5, 5.41) is 5.58. The highest BCUT2D eigenvalue weighted by Gasteiger charge is 2.26. The van der Waals surface area contributed by atoms with E-state index in [-0.39, 0.29) is 28.0 Å². The number of carbonyl (C=O) groups is 1. The zero-order valence-corrected chi connectivity index (χ0v) is 18.7. The van der Waals surface area contributed by atoms with Gasteiger partial charge in [-0.1, -0.05) is 13.0 Å². The summed E-state index contributed by atoms with van der Waals surface area (Å²) in [5.74, 6) is -0.353. The Labute approximate surface area is 182 Å². The average molecular weight is 468 g/mol. The van der Waals surface area contributed by atoms with Crippen LogP contribution in [0.1, 0.15) is 6.92 Å². The molecular formula is C20H25N3O6S2. The highest BCUT2D eigenvalue weighted by Crippen LogP contribution is 2.21. The molecule has 2 aromatic carbocycles. The second kappa shape index (κ2) is 9.77. The minimum atomic E-state index is -3.66. The van der Waals surface area contributed by atoms with Gasteiger partial charge >= 0.3 is 0 Å². The first-order valence-corrected chi connectivity index (χ1v) is 12.9. The molecular weight excluding hydrogens is 442 g/mol. The first kappa shape index (κ1) is 23.2. The lowest BCUT2D eigenvalue weighted by Gasteiger charge is -2.26. The van der Waals surface area contributed by atoms with E-state index in [1.54, 1.807) is 31.2 Å². The van der Waals surface area contributed by atoms with Crippen LogP contribution in [0.15, 0.2) is 58.3 Å². The highest BCUT2D eigenvalue weighted by atomic mass is 32.2. The molecule has 0 saturated carbocycles. The summed E-state index contributed by atoms with van der Waals surface area (Å²) in [6.07, 6.45) is 0. The number of rotatable bonds is 8. The van der Waals surface area contributed by atoms with Gasteiger partial charge in [-0.15, -0.1) is 0 Å². The van der Waals surface area contributed by atoms with E-state index in [1.807, 2.05) is 0 Å². The number of carbonyl (C=O) groups excluding carboxylic acids is 1. The number of nitrogens with one attached hydrogen (secondary N) is 2. The quantitative estimate of drug-likeness (QED) is 0.604. The molecule has 2 N–H and O–H groups in total. The van der Waals surface area contributed by atoms with Gasteiger partial charge in [-0.3, -0.25) is 4.79 Å². The molecule has 0 aliphatic carbocycles. The number of anilines is 2. The SMILES string of the molecule is CCS(=O)(=O)c1ccc(NCC(=O)Nc2cccc(S(=O)(=O)N3CCOCC3)c2)cc1. The molecule has 9 nitrogen and oxygen atoms in total. The van der Waals surface area contributed by atoms with Gasteiger partial charge in [-0.25, -0.2) is 16.8 Å². The van der Waals surface area contributed by atoms with Crippen LogP contribution in [-0.4, -0.2) is 65.6 Å². The van der Waals surface area contributed by atoms with Gasteiger partial charge in [-0.05, 0) is 42.5 Å². The Morgan fingerprint density at radius 2 is 1.65 bits per heavy atom. The van der Waals surface area contributed by atoms with Crippen molar-refractivity contribution < 1.29 is 26.4 Å². The fraction of sp³-hybridized carbons (Fsp3) is 0.350. The van der Waals surface area contributed by atoms with E-state index in [9.17, 15) is 21.6 Å². The smallest absolute Gasteiger partial charge is 0.243 e. The van der Waals surface area contributed by atoms with Crippen molar-refractivity contribution in [2.45, 2.75) is 16.7 Å². The van der Waals surface area contributed by atoms with Gasteiger partial charge in [0.25, 0.3) is 0 Å². The number of hydrogen-bond acceptors (Lipinski definition) is 7. The molecule has 1 heterocycles. The number of hydrogen-bond donors (Lipinski definition) is 2. The van der Waals surface area contributed by atoms with Crippen molar-refractivity contribution in [1.29, 1.82) is 0 Å². The highest BCUT2D eigenvalue weighted by molar-refractivity contribution is 7.91. The molecule has 1 fully saturated rings. The van der Waals surface area contributed by atoms with Crippen molar-refractivity contribution in [3.8, 4) is 0 Å². The molecule has 3 rings (SSSR count). The predicted octanol–water partition coefficient (Wildman–Crippen LogP) is 1.55. The largest absolute Gasteiger partial charge is 0.379 e. The Balaban J connectivity index is 1.60. The summed E-state index contributed by atoms with van der Waals surface area (Å²) in [4.78, 5) is 12.6. The molecule has 168 valence electrons. The van der Waals surface area contributed by atoms with Crippen LogP contribution in [0, 0.1) is 0 Å². The Morgan fingerprint density at radius 3 is 2.29 bits per heavy atom. The Kier molecular flexibility index (Phi) is 7.31.